The number of esters is 1. The zero-order valence-electron chi connectivity index (χ0n) is 11.6. The zero-order chi connectivity index (χ0) is 15.5. The van der Waals surface area contributed by atoms with Crippen LogP contribution < -0.4 is 0 Å². The van der Waals surface area contributed by atoms with Crippen LogP contribution >= 0.6 is 0 Å². The third kappa shape index (κ3) is 3.14. The van der Waals surface area contributed by atoms with Gasteiger partial charge in [0.15, 0.2) is 5.03 Å². The van der Waals surface area contributed by atoms with Crippen LogP contribution in [-0.4, -0.2) is 42.5 Å². The number of carbonyl (C=O) groups excluding carboxylic acids is 1. The normalized spacial score (nSPS) is 11.8. The van der Waals surface area contributed by atoms with Crippen LogP contribution in [0.2, 0.25) is 0 Å². The number of aromatic nitrogens is 2. The number of furan rings is 1. The molecule has 0 atom stereocenters. The van der Waals surface area contributed by atoms with Gasteiger partial charge in [0.2, 0.25) is 0 Å². The van der Waals surface area contributed by atoms with E-state index in [0.29, 0.717) is 5.76 Å². The van der Waals surface area contributed by atoms with Crippen molar-refractivity contribution in [2.24, 2.45) is 0 Å². The van der Waals surface area contributed by atoms with Crippen molar-refractivity contribution in [2.75, 3.05) is 13.7 Å². The van der Waals surface area contributed by atoms with Crippen molar-refractivity contribution in [1.29, 1.82) is 0 Å². The molecule has 1 N–H and O–H groups in total. The monoisotopic (exact) mass is 313 g/mol. The fourth-order valence-corrected chi connectivity index (χ4v) is 2.88. The Bertz CT molecular complexity index is 705. The van der Waals surface area contributed by atoms with E-state index in [9.17, 15) is 13.2 Å². The minimum Gasteiger partial charge on any atom is -0.468 e. The first-order valence-corrected chi connectivity index (χ1v) is 7.60. The fraction of sp³-hybridized carbons (Fsp3) is 0.333. The van der Waals surface area contributed by atoms with Gasteiger partial charge < -0.3 is 9.15 Å². The average molecular weight is 313 g/mol. The Hall–Kier alpha value is -2.13. The predicted molar refractivity (Wildman–Crippen MR) is 71.9 cm³/mol. The quantitative estimate of drug-likeness (QED) is 0.798. The topological polar surface area (TPSA) is 106 Å². The molecule has 0 saturated heterocycles. The number of aromatic amines is 1. The molecule has 2 aromatic heterocycles. The molecule has 114 valence electrons. The fourth-order valence-electron chi connectivity index (χ4n) is 1.69. The van der Waals surface area contributed by atoms with E-state index < -0.39 is 16.0 Å². The van der Waals surface area contributed by atoms with Crippen molar-refractivity contribution < 1.29 is 22.4 Å². The minimum absolute atomic E-state index is 0.0383. The number of nitrogens with one attached hydrogen (secondary N) is 1. The SMILES string of the molecule is CCOC(=O)c1cn[nH]c1S(=O)(=O)N(C)Cc1ccco1. The molecule has 8 nitrogen and oxygen atoms in total. The highest BCUT2D eigenvalue weighted by molar-refractivity contribution is 7.89. The lowest BCUT2D eigenvalue weighted by Gasteiger charge is -2.15. The lowest BCUT2D eigenvalue weighted by atomic mass is 10.4. The van der Waals surface area contributed by atoms with Gasteiger partial charge in [-0.25, -0.2) is 13.2 Å². The standard InChI is InChI=1S/C12H15N3O5S/c1-3-19-12(16)10-7-13-14-11(10)21(17,18)15(2)8-9-5-4-6-20-9/h4-7H,3,8H2,1-2H3,(H,13,14). The van der Waals surface area contributed by atoms with E-state index in [4.69, 9.17) is 9.15 Å². The van der Waals surface area contributed by atoms with Crippen LogP contribution in [0.3, 0.4) is 0 Å². The third-order valence-electron chi connectivity index (χ3n) is 2.73. The van der Waals surface area contributed by atoms with Crippen LogP contribution in [-0.2, 0) is 21.3 Å². The molecule has 9 heteroatoms. The summed E-state index contributed by atoms with van der Waals surface area (Å²) >= 11 is 0. The molecule has 0 amide bonds. The van der Waals surface area contributed by atoms with Crippen LogP contribution in [0.1, 0.15) is 23.0 Å². The van der Waals surface area contributed by atoms with E-state index in [1.165, 1.54) is 13.3 Å². The van der Waals surface area contributed by atoms with Gasteiger partial charge in [0, 0.05) is 7.05 Å². The maximum absolute atomic E-state index is 12.5. The summed E-state index contributed by atoms with van der Waals surface area (Å²) in [6.07, 6.45) is 2.58. The molecule has 0 fully saturated rings. The number of ether oxygens (including phenoxy) is 1. The molecule has 0 aliphatic heterocycles. The number of carbonyl (C=O) groups is 1. The number of sulfonamides is 1. The van der Waals surface area contributed by atoms with E-state index >= 15 is 0 Å². The van der Waals surface area contributed by atoms with Crippen LogP contribution in [0.15, 0.2) is 34.0 Å². The van der Waals surface area contributed by atoms with Gasteiger partial charge in [0.05, 0.1) is 25.6 Å². The maximum atomic E-state index is 12.5. The van der Waals surface area contributed by atoms with E-state index in [2.05, 4.69) is 10.2 Å². The first-order chi connectivity index (χ1) is 9.96. The van der Waals surface area contributed by atoms with Gasteiger partial charge in [-0.05, 0) is 19.1 Å². The second-order valence-corrected chi connectivity index (χ2v) is 6.16. The Kier molecular flexibility index (Phi) is 4.43. The molecule has 0 spiro atoms. The van der Waals surface area contributed by atoms with Gasteiger partial charge in [-0.1, -0.05) is 0 Å². The smallest absolute Gasteiger partial charge is 0.342 e. The number of hydrogen-bond donors (Lipinski definition) is 1. The number of hydrogen-bond acceptors (Lipinski definition) is 6. The Morgan fingerprint density at radius 1 is 1.52 bits per heavy atom. The van der Waals surface area contributed by atoms with Gasteiger partial charge in [0.1, 0.15) is 11.3 Å². The van der Waals surface area contributed by atoms with Gasteiger partial charge in [-0.15, -0.1) is 0 Å². The second-order valence-electron chi connectivity index (χ2n) is 4.17. The first-order valence-electron chi connectivity index (χ1n) is 6.16. The van der Waals surface area contributed by atoms with Crippen molar-refractivity contribution in [1.82, 2.24) is 14.5 Å². The third-order valence-corrected chi connectivity index (χ3v) is 4.50. The largest absolute Gasteiger partial charge is 0.468 e. The molecular weight excluding hydrogens is 298 g/mol. The predicted octanol–water partition coefficient (Wildman–Crippen LogP) is 1.00. The summed E-state index contributed by atoms with van der Waals surface area (Å²) in [6, 6.07) is 3.32. The van der Waals surface area contributed by atoms with E-state index in [1.807, 2.05) is 0 Å². The molecule has 0 unspecified atom stereocenters. The summed E-state index contributed by atoms with van der Waals surface area (Å²) in [5, 5.41) is 5.65. The molecule has 2 rings (SSSR count). The molecule has 0 saturated carbocycles. The summed E-state index contributed by atoms with van der Waals surface area (Å²) < 4.78 is 35.9. The van der Waals surface area contributed by atoms with Crippen molar-refractivity contribution in [3.8, 4) is 0 Å². The lowest BCUT2D eigenvalue weighted by molar-refractivity contribution is 0.0521. The highest BCUT2D eigenvalue weighted by Crippen LogP contribution is 2.19. The number of nitrogens with zero attached hydrogens (tertiary/aromatic N) is 2. The summed E-state index contributed by atoms with van der Waals surface area (Å²) in [6.45, 7) is 1.82. The lowest BCUT2D eigenvalue weighted by Crippen LogP contribution is -2.28. The van der Waals surface area contributed by atoms with Crippen LogP contribution in [0.4, 0.5) is 0 Å². The van der Waals surface area contributed by atoms with E-state index in [1.54, 1.807) is 19.1 Å². The van der Waals surface area contributed by atoms with Crippen LogP contribution in [0.25, 0.3) is 0 Å². The molecular formula is C12H15N3O5S. The Morgan fingerprint density at radius 3 is 2.90 bits per heavy atom. The van der Waals surface area contributed by atoms with Crippen molar-refractivity contribution in [2.45, 2.75) is 18.5 Å². The van der Waals surface area contributed by atoms with E-state index in [0.717, 1.165) is 10.5 Å². The van der Waals surface area contributed by atoms with Gasteiger partial charge in [-0.2, -0.15) is 9.40 Å². The molecule has 0 aliphatic rings. The Balaban J connectivity index is 2.27. The van der Waals surface area contributed by atoms with Gasteiger partial charge in [-0.3, -0.25) is 5.10 Å². The average Bonchev–Trinajstić information content (AvgIpc) is 3.09. The minimum atomic E-state index is -3.91. The van der Waals surface area contributed by atoms with Crippen molar-refractivity contribution in [3.63, 3.8) is 0 Å². The summed E-state index contributed by atoms with van der Waals surface area (Å²) in [4.78, 5) is 11.7. The molecule has 0 aromatic carbocycles. The van der Waals surface area contributed by atoms with Crippen LogP contribution in [0.5, 0.6) is 0 Å². The summed E-state index contributed by atoms with van der Waals surface area (Å²) in [5.41, 5.74) is -0.122. The highest BCUT2D eigenvalue weighted by atomic mass is 32.2. The van der Waals surface area contributed by atoms with E-state index in [-0.39, 0.29) is 23.7 Å². The number of rotatable bonds is 6. The van der Waals surface area contributed by atoms with Gasteiger partial charge in [0.25, 0.3) is 10.0 Å². The zero-order valence-corrected chi connectivity index (χ0v) is 12.4. The first kappa shape index (κ1) is 15.3. The Labute approximate surface area is 121 Å². The molecule has 0 bridgehead atoms. The molecule has 21 heavy (non-hydrogen) atoms. The van der Waals surface area contributed by atoms with Crippen LogP contribution in [0, 0.1) is 0 Å². The maximum Gasteiger partial charge on any atom is 0.342 e. The van der Waals surface area contributed by atoms with Crippen molar-refractivity contribution in [3.05, 3.63) is 35.9 Å². The molecule has 2 heterocycles. The summed E-state index contributed by atoms with van der Waals surface area (Å²) in [7, 11) is -2.53. The Morgan fingerprint density at radius 2 is 2.29 bits per heavy atom. The molecule has 2 aromatic rings. The number of H-pyrrole nitrogens is 1. The summed E-state index contributed by atoms with van der Waals surface area (Å²) in [5.74, 6) is -0.255. The van der Waals surface area contributed by atoms with Crippen molar-refractivity contribution >= 4 is 16.0 Å². The van der Waals surface area contributed by atoms with Gasteiger partial charge >= 0.3 is 5.97 Å². The second kappa shape index (κ2) is 6.10. The highest BCUT2D eigenvalue weighted by Gasteiger charge is 2.30. The molecule has 0 aliphatic carbocycles. The molecule has 0 radical (unpaired) electrons.